The van der Waals surface area contributed by atoms with Crippen LogP contribution in [-0.4, -0.2) is 20.5 Å². The number of benzene rings is 1. The first-order valence-electron chi connectivity index (χ1n) is 6.52. The zero-order valence-electron chi connectivity index (χ0n) is 11.1. The van der Waals surface area contributed by atoms with E-state index in [-0.39, 0.29) is 26.6 Å². The molecule has 2 rings (SSSR count). The minimum absolute atomic E-state index is 0.0546. The van der Waals surface area contributed by atoms with Crippen molar-refractivity contribution in [1.29, 1.82) is 0 Å². The molecule has 0 heterocycles. The highest BCUT2D eigenvalue weighted by atomic mass is 35.5. The van der Waals surface area contributed by atoms with Gasteiger partial charge in [-0.15, -0.1) is 0 Å². The third-order valence-corrected chi connectivity index (χ3v) is 5.03. The normalized spacial score (nSPS) is 16.7. The summed E-state index contributed by atoms with van der Waals surface area (Å²) in [5.41, 5.74) is -0.0845. The fourth-order valence-electron chi connectivity index (χ4n) is 2.32. The van der Waals surface area contributed by atoms with Crippen LogP contribution in [0.2, 0.25) is 10.0 Å². The van der Waals surface area contributed by atoms with Crippen molar-refractivity contribution in [2.45, 2.75) is 43.1 Å². The van der Waals surface area contributed by atoms with Crippen LogP contribution >= 0.6 is 23.2 Å². The molecule has 1 aromatic rings. The van der Waals surface area contributed by atoms with Crippen molar-refractivity contribution in [2.24, 2.45) is 5.14 Å². The number of nitrogens with two attached hydrogens (primary N) is 1. The van der Waals surface area contributed by atoms with E-state index in [1.54, 1.807) is 0 Å². The second kappa shape index (κ2) is 6.52. The van der Waals surface area contributed by atoms with Gasteiger partial charge in [-0.3, -0.25) is 0 Å². The quantitative estimate of drug-likeness (QED) is 0.847. The second-order valence-corrected chi connectivity index (χ2v) is 7.32. The van der Waals surface area contributed by atoms with Crippen molar-refractivity contribution in [3.8, 4) is 0 Å². The van der Waals surface area contributed by atoms with E-state index in [4.69, 9.17) is 33.1 Å². The predicted molar refractivity (Wildman–Crippen MR) is 80.1 cm³/mol. The Labute approximate surface area is 133 Å². The van der Waals surface area contributed by atoms with Gasteiger partial charge in [0.15, 0.2) is 0 Å². The molecule has 1 fully saturated rings. The monoisotopic (exact) mass is 351 g/mol. The van der Waals surface area contributed by atoms with E-state index in [0.29, 0.717) is 0 Å². The van der Waals surface area contributed by atoms with Gasteiger partial charge in [0, 0.05) is 5.02 Å². The van der Waals surface area contributed by atoms with Gasteiger partial charge in [-0.1, -0.05) is 29.6 Å². The van der Waals surface area contributed by atoms with Crippen LogP contribution in [0, 0.1) is 0 Å². The minimum atomic E-state index is -4.07. The Morgan fingerprint density at radius 2 is 1.81 bits per heavy atom. The number of hydrogen-bond donors (Lipinski definition) is 1. The van der Waals surface area contributed by atoms with E-state index >= 15 is 0 Å². The van der Waals surface area contributed by atoms with E-state index in [0.717, 1.165) is 38.2 Å². The van der Waals surface area contributed by atoms with Gasteiger partial charge in [-0.25, -0.2) is 18.4 Å². The molecular weight excluding hydrogens is 337 g/mol. The van der Waals surface area contributed by atoms with Crippen LogP contribution in [0.3, 0.4) is 0 Å². The third-order valence-electron chi connectivity index (χ3n) is 3.36. The van der Waals surface area contributed by atoms with E-state index < -0.39 is 16.0 Å². The number of esters is 1. The van der Waals surface area contributed by atoms with Gasteiger partial charge in [0.25, 0.3) is 0 Å². The van der Waals surface area contributed by atoms with Crippen molar-refractivity contribution >= 4 is 39.2 Å². The molecular formula is C13H15Cl2NO4S. The number of halogens is 2. The average molecular weight is 352 g/mol. The number of rotatable bonds is 3. The molecule has 0 aromatic heterocycles. The average Bonchev–Trinajstić information content (AvgIpc) is 2.40. The minimum Gasteiger partial charge on any atom is -0.459 e. The van der Waals surface area contributed by atoms with Crippen LogP contribution in [-0.2, 0) is 14.8 Å². The Hall–Kier alpha value is -0.820. The van der Waals surface area contributed by atoms with Crippen LogP contribution in [0.4, 0.5) is 0 Å². The van der Waals surface area contributed by atoms with Gasteiger partial charge in [0.05, 0.1) is 10.6 Å². The smallest absolute Gasteiger partial charge is 0.340 e. The number of primary sulfonamides is 1. The molecule has 1 aliphatic carbocycles. The van der Waals surface area contributed by atoms with E-state index in [2.05, 4.69) is 0 Å². The standard InChI is InChI=1S/C13H15Cl2NO4S/c14-8-6-10(12(15)11(7-8)21(16,18)19)13(17)20-9-4-2-1-3-5-9/h6-7,9H,1-5H2,(H2,16,18,19). The molecule has 0 amide bonds. The van der Waals surface area contributed by atoms with Gasteiger partial charge < -0.3 is 4.74 Å². The van der Waals surface area contributed by atoms with Crippen LogP contribution in [0.25, 0.3) is 0 Å². The molecule has 0 aliphatic heterocycles. The Morgan fingerprint density at radius 1 is 1.19 bits per heavy atom. The van der Waals surface area contributed by atoms with Crippen molar-refractivity contribution in [2.75, 3.05) is 0 Å². The Morgan fingerprint density at radius 3 is 2.38 bits per heavy atom. The Bertz CT molecular complexity index is 654. The Balaban J connectivity index is 2.30. The first-order valence-corrected chi connectivity index (χ1v) is 8.82. The second-order valence-electron chi connectivity index (χ2n) is 4.98. The number of carbonyl (C=O) groups is 1. The number of sulfonamides is 1. The van der Waals surface area contributed by atoms with Crippen LogP contribution < -0.4 is 5.14 Å². The van der Waals surface area contributed by atoms with Gasteiger partial charge in [-0.05, 0) is 37.8 Å². The van der Waals surface area contributed by atoms with Crippen molar-refractivity contribution in [3.05, 3.63) is 27.7 Å². The van der Waals surface area contributed by atoms with Crippen molar-refractivity contribution < 1.29 is 17.9 Å². The lowest BCUT2D eigenvalue weighted by Crippen LogP contribution is -2.22. The summed E-state index contributed by atoms with van der Waals surface area (Å²) in [6.45, 7) is 0. The topological polar surface area (TPSA) is 86.5 Å². The van der Waals surface area contributed by atoms with E-state index in [9.17, 15) is 13.2 Å². The molecule has 5 nitrogen and oxygen atoms in total. The Kier molecular flexibility index (Phi) is 5.14. The highest BCUT2D eigenvalue weighted by Crippen LogP contribution is 2.30. The molecule has 0 bridgehead atoms. The summed E-state index contributed by atoms with van der Waals surface area (Å²) < 4.78 is 28.3. The van der Waals surface area contributed by atoms with Gasteiger partial charge in [-0.2, -0.15) is 0 Å². The fourth-order valence-corrected chi connectivity index (χ4v) is 3.76. The molecule has 0 atom stereocenters. The maximum absolute atomic E-state index is 12.2. The number of carbonyl (C=O) groups excluding carboxylic acids is 1. The fraction of sp³-hybridized carbons (Fsp3) is 0.462. The largest absolute Gasteiger partial charge is 0.459 e. The molecule has 0 spiro atoms. The van der Waals surface area contributed by atoms with Crippen molar-refractivity contribution in [3.63, 3.8) is 0 Å². The summed E-state index contributed by atoms with van der Waals surface area (Å²) in [5.74, 6) is -0.681. The molecule has 8 heteroatoms. The summed E-state index contributed by atoms with van der Waals surface area (Å²) in [6.07, 6.45) is 4.56. The SMILES string of the molecule is NS(=O)(=O)c1cc(Cl)cc(C(=O)OC2CCCCC2)c1Cl. The zero-order valence-corrected chi connectivity index (χ0v) is 13.5. The highest BCUT2D eigenvalue weighted by molar-refractivity contribution is 7.89. The van der Waals surface area contributed by atoms with Crippen LogP contribution in [0.1, 0.15) is 42.5 Å². The maximum Gasteiger partial charge on any atom is 0.340 e. The molecule has 116 valence electrons. The van der Waals surface area contributed by atoms with Crippen LogP contribution in [0.5, 0.6) is 0 Å². The van der Waals surface area contributed by atoms with E-state index in [1.165, 1.54) is 6.07 Å². The zero-order chi connectivity index (χ0) is 15.6. The first-order chi connectivity index (χ1) is 9.79. The summed E-state index contributed by atoms with van der Waals surface area (Å²) in [4.78, 5) is 11.8. The van der Waals surface area contributed by atoms with Gasteiger partial charge in [0.1, 0.15) is 11.0 Å². The van der Waals surface area contributed by atoms with Crippen LogP contribution in [0.15, 0.2) is 17.0 Å². The molecule has 1 saturated carbocycles. The molecule has 21 heavy (non-hydrogen) atoms. The molecule has 0 unspecified atom stereocenters. The highest BCUT2D eigenvalue weighted by Gasteiger charge is 2.25. The number of hydrogen-bond acceptors (Lipinski definition) is 4. The molecule has 2 N–H and O–H groups in total. The lowest BCUT2D eigenvalue weighted by atomic mass is 9.98. The van der Waals surface area contributed by atoms with Gasteiger partial charge in [0.2, 0.25) is 10.0 Å². The van der Waals surface area contributed by atoms with Crippen molar-refractivity contribution in [1.82, 2.24) is 0 Å². The predicted octanol–water partition coefficient (Wildman–Crippen LogP) is 3.13. The summed E-state index contributed by atoms with van der Waals surface area (Å²) in [5, 5.41) is 4.85. The molecule has 0 radical (unpaired) electrons. The first kappa shape index (κ1) is 16.5. The number of ether oxygens (including phenoxy) is 1. The van der Waals surface area contributed by atoms with Gasteiger partial charge >= 0.3 is 5.97 Å². The molecule has 0 saturated heterocycles. The summed E-state index contributed by atoms with van der Waals surface area (Å²) in [7, 11) is -4.07. The lowest BCUT2D eigenvalue weighted by molar-refractivity contribution is 0.0211. The van der Waals surface area contributed by atoms with E-state index in [1.807, 2.05) is 0 Å². The summed E-state index contributed by atoms with van der Waals surface area (Å²) >= 11 is 11.8. The summed E-state index contributed by atoms with van der Waals surface area (Å²) in [6, 6.07) is 2.39. The molecule has 1 aliphatic rings. The third kappa shape index (κ3) is 4.10. The molecule has 1 aromatic carbocycles. The lowest BCUT2D eigenvalue weighted by Gasteiger charge is -2.22. The maximum atomic E-state index is 12.2.